The van der Waals surface area contributed by atoms with Crippen LogP contribution in [0.3, 0.4) is 0 Å². The van der Waals surface area contributed by atoms with Gasteiger partial charge in [0.05, 0.1) is 19.4 Å². The van der Waals surface area contributed by atoms with Gasteiger partial charge in [0.25, 0.3) is 0 Å². The molecule has 3 heteroatoms. The van der Waals surface area contributed by atoms with Gasteiger partial charge >= 0.3 is 0 Å². The van der Waals surface area contributed by atoms with Gasteiger partial charge in [0.2, 0.25) is 0 Å². The highest BCUT2D eigenvalue weighted by atomic mass is 16.5. The molecular weight excluding hydrogens is 250 g/mol. The second-order valence-electron chi connectivity index (χ2n) is 4.81. The van der Waals surface area contributed by atoms with Crippen LogP contribution in [0.15, 0.2) is 48.5 Å². The van der Waals surface area contributed by atoms with Crippen molar-refractivity contribution in [1.29, 1.82) is 0 Å². The van der Waals surface area contributed by atoms with Crippen LogP contribution in [0.4, 0.5) is 5.69 Å². The van der Waals surface area contributed by atoms with Gasteiger partial charge in [0, 0.05) is 20.5 Å². The minimum Gasteiger partial charge on any atom is -0.497 e. The molecule has 3 nitrogen and oxygen atoms in total. The van der Waals surface area contributed by atoms with E-state index in [4.69, 9.17) is 9.47 Å². The molecule has 0 bridgehead atoms. The van der Waals surface area contributed by atoms with E-state index in [0.29, 0.717) is 6.61 Å². The van der Waals surface area contributed by atoms with Crippen molar-refractivity contribution in [3.8, 4) is 11.5 Å². The number of methoxy groups -OCH3 is 1. The highest BCUT2D eigenvalue weighted by Gasteiger charge is 2.04. The summed E-state index contributed by atoms with van der Waals surface area (Å²) in [6, 6.07) is 16.2. The highest BCUT2D eigenvalue weighted by Crippen LogP contribution is 2.26. The lowest BCUT2D eigenvalue weighted by molar-refractivity contribution is 0.322. The van der Waals surface area contributed by atoms with Crippen molar-refractivity contribution in [1.82, 2.24) is 0 Å². The number of hydrogen-bond donors (Lipinski definition) is 0. The van der Waals surface area contributed by atoms with Crippen LogP contribution in [0.25, 0.3) is 0 Å². The Kier molecular flexibility index (Phi) is 4.88. The smallest absolute Gasteiger partial charge is 0.142 e. The number of ether oxygens (including phenoxy) is 2. The number of hydrogen-bond acceptors (Lipinski definition) is 3. The van der Waals surface area contributed by atoms with Crippen LogP contribution in [-0.4, -0.2) is 27.8 Å². The minimum atomic E-state index is 0.651. The normalized spacial score (nSPS) is 10.2. The summed E-state index contributed by atoms with van der Waals surface area (Å²) in [5, 5.41) is 0. The van der Waals surface area contributed by atoms with Crippen LogP contribution in [0.2, 0.25) is 0 Å². The van der Waals surface area contributed by atoms with E-state index in [1.54, 1.807) is 7.11 Å². The van der Waals surface area contributed by atoms with Crippen LogP contribution in [-0.2, 0) is 6.42 Å². The molecule has 0 unspecified atom stereocenters. The van der Waals surface area contributed by atoms with Crippen LogP contribution >= 0.6 is 0 Å². The van der Waals surface area contributed by atoms with Gasteiger partial charge in [-0.25, -0.2) is 0 Å². The molecule has 2 aromatic carbocycles. The summed E-state index contributed by atoms with van der Waals surface area (Å²) in [5.41, 5.74) is 2.31. The van der Waals surface area contributed by atoms with E-state index >= 15 is 0 Å². The maximum atomic E-state index is 5.89. The maximum Gasteiger partial charge on any atom is 0.142 e. The molecule has 20 heavy (non-hydrogen) atoms. The monoisotopic (exact) mass is 271 g/mol. The molecule has 0 aliphatic rings. The molecule has 0 amide bonds. The molecule has 0 saturated heterocycles. The quantitative estimate of drug-likeness (QED) is 0.804. The van der Waals surface area contributed by atoms with Gasteiger partial charge in [-0.1, -0.05) is 24.3 Å². The summed E-state index contributed by atoms with van der Waals surface area (Å²) in [6.45, 7) is 0.651. The molecule has 0 radical (unpaired) electrons. The zero-order valence-corrected chi connectivity index (χ0v) is 12.3. The molecule has 0 fully saturated rings. The molecule has 2 aromatic rings. The third-order valence-corrected chi connectivity index (χ3v) is 3.13. The van der Waals surface area contributed by atoms with Crippen molar-refractivity contribution in [3.05, 3.63) is 54.1 Å². The Balaban J connectivity index is 1.96. The number of para-hydroxylation sites is 2. The molecule has 0 atom stereocenters. The van der Waals surface area contributed by atoms with Crippen LogP contribution in [0.5, 0.6) is 11.5 Å². The fourth-order valence-electron chi connectivity index (χ4n) is 2.06. The summed E-state index contributed by atoms with van der Waals surface area (Å²) in [7, 11) is 5.72. The van der Waals surface area contributed by atoms with Crippen molar-refractivity contribution in [2.45, 2.75) is 6.42 Å². The van der Waals surface area contributed by atoms with Gasteiger partial charge in [0.15, 0.2) is 0 Å². The molecule has 106 valence electrons. The fraction of sp³-hybridized carbons (Fsp3) is 0.294. The van der Waals surface area contributed by atoms with E-state index in [2.05, 4.69) is 17.0 Å². The highest BCUT2D eigenvalue weighted by molar-refractivity contribution is 5.57. The van der Waals surface area contributed by atoms with Gasteiger partial charge in [-0.05, 0) is 29.8 Å². The summed E-state index contributed by atoms with van der Waals surface area (Å²) in [6.07, 6.45) is 0.860. The predicted molar refractivity (Wildman–Crippen MR) is 83.0 cm³/mol. The first-order valence-electron chi connectivity index (χ1n) is 6.73. The molecule has 0 spiro atoms. The van der Waals surface area contributed by atoms with Crippen molar-refractivity contribution >= 4 is 5.69 Å². The lowest BCUT2D eigenvalue weighted by atomic mass is 10.1. The number of anilines is 1. The van der Waals surface area contributed by atoms with Crippen molar-refractivity contribution in [3.63, 3.8) is 0 Å². The third-order valence-electron chi connectivity index (χ3n) is 3.13. The Hall–Kier alpha value is -2.16. The Morgan fingerprint density at radius 2 is 1.80 bits per heavy atom. The molecule has 0 aliphatic heterocycles. The molecule has 0 heterocycles. The largest absolute Gasteiger partial charge is 0.497 e. The summed E-state index contributed by atoms with van der Waals surface area (Å²) in [4.78, 5) is 2.06. The zero-order chi connectivity index (χ0) is 14.4. The van der Waals surface area contributed by atoms with E-state index in [-0.39, 0.29) is 0 Å². The second-order valence-corrected chi connectivity index (χ2v) is 4.81. The Bertz CT molecular complexity index is 552. The predicted octanol–water partition coefficient (Wildman–Crippen LogP) is 3.38. The average molecular weight is 271 g/mol. The average Bonchev–Trinajstić information content (AvgIpc) is 2.48. The number of nitrogens with zero attached hydrogens (tertiary/aromatic N) is 1. The van der Waals surface area contributed by atoms with Gasteiger partial charge in [-0.15, -0.1) is 0 Å². The molecule has 0 aromatic heterocycles. The Morgan fingerprint density at radius 3 is 2.55 bits per heavy atom. The molecule has 0 N–H and O–H groups in total. The minimum absolute atomic E-state index is 0.651. The van der Waals surface area contributed by atoms with Gasteiger partial charge in [-0.2, -0.15) is 0 Å². The van der Waals surface area contributed by atoms with Crippen LogP contribution < -0.4 is 14.4 Å². The fourth-order valence-corrected chi connectivity index (χ4v) is 2.06. The Labute approximate surface area is 120 Å². The SMILES string of the molecule is COc1cccc(CCOc2ccccc2N(C)C)c1. The third kappa shape index (κ3) is 3.67. The first-order valence-corrected chi connectivity index (χ1v) is 6.73. The van der Waals surface area contributed by atoms with E-state index in [1.807, 2.05) is 50.5 Å². The first-order chi connectivity index (χ1) is 9.70. The standard InChI is InChI=1S/C17H21NO2/c1-18(2)16-9-4-5-10-17(16)20-12-11-14-7-6-8-15(13-14)19-3/h4-10,13H,11-12H2,1-3H3. The van der Waals surface area contributed by atoms with Gasteiger partial charge in [-0.3, -0.25) is 0 Å². The van der Waals surface area contributed by atoms with E-state index in [1.165, 1.54) is 5.56 Å². The zero-order valence-electron chi connectivity index (χ0n) is 12.3. The summed E-state index contributed by atoms with van der Waals surface area (Å²) in [5.74, 6) is 1.80. The number of benzene rings is 2. The Morgan fingerprint density at radius 1 is 1.00 bits per heavy atom. The molecule has 0 aliphatic carbocycles. The van der Waals surface area contributed by atoms with E-state index in [9.17, 15) is 0 Å². The van der Waals surface area contributed by atoms with Gasteiger partial charge in [0.1, 0.15) is 11.5 Å². The molecule has 2 rings (SSSR count). The molecule has 0 saturated carbocycles. The summed E-state index contributed by atoms with van der Waals surface area (Å²) < 4.78 is 11.1. The lowest BCUT2D eigenvalue weighted by Gasteiger charge is -2.17. The van der Waals surface area contributed by atoms with E-state index in [0.717, 1.165) is 23.6 Å². The van der Waals surface area contributed by atoms with Crippen LogP contribution in [0.1, 0.15) is 5.56 Å². The molecular formula is C17H21NO2. The topological polar surface area (TPSA) is 21.7 Å². The van der Waals surface area contributed by atoms with E-state index < -0.39 is 0 Å². The van der Waals surface area contributed by atoms with Gasteiger partial charge < -0.3 is 14.4 Å². The van der Waals surface area contributed by atoms with Crippen molar-refractivity contribution in [2.24, 2.45) is 0 Å². The maximum absolute atomic E-state index is 5.89. The summed E-state index contributed by atoms with van der Waals surface area (Å²) >= 11 is 0. The van der Waals surface area contributed by atoms with Crippen LogP contribution in [0, 0.1) is 0 Å². The lowest BCUT2D eigenvalue weighted by Crippen LogP contribution is -2.11. The van der Waals surface area contributed by atoms with Crippen molar-refractivity contribution < 1.29 is 9.47 Å². The van der Waals surface area contributed by atoms with Crippen molar-refractivity contribution in [2.75, 3.05) is 32.7 Å². The second kappa shape index (κ2) is 6.85. The first kappa shape index (κ1) is 14.3. The number of rotatable bonds is 6.